The molecule has 0 unspecified atom stereocenters. The molecule has 0 saturated carbocycles. The molecule has 1 N–H and O–H groups in total. The van der Waals surface area contributed by atoms with Crippen molar-refractivity contribution in [3.63, 3.8) is 0 Å². The largest absolute Gasteiger partial charge is 0.300 e. The lowest BCUT2D eigenvalue weighted by molar-refractivity contribution is 0.103. The van der Waals surface area contributed by atoms with Crippen LogP contribution < -0.4 is 0 Å². The summed E-state index contributed by atoms with van der Waals surface area (Å²) < 4.78 is 0. The Morgan fingerprint density at radius 3 is 1.67 bits per heavy atom. The van der Waals surface area contributed by atoms with Gasteiger partial charge in [0.2, 0.25) is 0 Å². The van der Waals surface area contributed by atoms with Gasteiger partial charge in [0.25, 0.3) is 0 Å². The van der Waals surface area contributed by atoms with Crippen molar-refractivity contribution in [2.45, 2.75) is 13.8 Å². The maximum Gasteiger partial charge on any atom is 0.193 e. The SMILES string of the molecule is Cc1cccc(C(=N)c2cccc(C(=O)c3cccc(C)c3)c2)c1. The van der Waals surface area contributed by atoms with Crippen molar-refractivity contribution < 1.29 is 4.79 Å². The van der Waals surface area contributed by atoms with Gasteiger partial charge in [-0.05, 0) is 32.0 Å². The van der Waals surface area contributed by atoms with E-state index in [4.69, 9.17) is 5.41 Å². The van der Waals surface area contributed by atoms with Gasteiger partial charge < -0.3 is 0 Å². The van der Waals surface area contributed by atoms with Gasteiger partial charge in [0, 0.05) is 22.3 Å². The highest BCUT2D eigenvalue weighted by Gasteiger charge is 2.12. The van der Waals surface area contributed by atoms with Gasteiger partial charge in [-0.2, -0.15) is 0 Å². The van der Waals surface area contributed by atoms with E-state index in [0.29, 0.717) is 16.8 Å². The molecule has 2 heteroatoms. The Morgan fingerprint density at radius 2 is 1.08 bits per heavy atom. The van der Waals surface area contributed by atoms with Gasteiger partial charge in [-0.15, -0.1) is 0 Å². The Balaban J connectivity index is 1.94. The molecule has 3 aromatic carbocycles. The van der Waals surface area contributed by atoms with Crippen LogP contribution in [-0.2, 0) is 0 Å². The highest BCUT2D eigenvalue weighted by atomic mass is 16.1. The third kappa shape index (κ3) is 3.33. The summed E-state index contributed by atoms with van der Waals surface area (Å²) in [5.74, 6) is -0.0161. The van der Waals surface area contributed by atoms with Gasteiger partial charge in [-0.1, -0.05) is 65.7 Å². The standard InChI is InChI=1S/C22H19NO/c1-15-6-3-8-17(12-15)21(23)18-9-5-11-20(14-18)22(24)19-10-4-7-16(2)13-19/h3-14,23H,1-2H3. The zero-order chi connectivity index (χ0) is 17.1. The van der Waals surface area contributed by atoms with Gasteiger partial charge in [-0.25, -0.2) is 0 Å². The molecule has 0 aliphatic rings. The molecule has 3 rings (SSSR count). The molecule has 118 valence electrons. The summed E-state index contributed by atoms with van der Waals surface area (Å²) in [6.07, 6.45) is 0. The van der Waals surface area contributed by atoms with Crippen molar-refractivity contribution in [2.75, 3.05) is 0 Å². The monoisotopic (exact) mass is 313 g/mol. The summed E-state index contributed by atoms with van der Waals surface area (Å²) in [7, 11) is 0. The quantitative estimate of drug-likeness (QED) is 0.537. The molecule has 3 aromatic rings. The van der Waals surface area contributed by atoms with Crippen LogP contribution in [0.4, 0.5) is 0 Å². The van der Waals surface area contributed by atoms with Crippen LogP contribution in [0, 0.1) is 19.3 Å². The molecule has 0 radical (unpaired) electrons. The van der Waals surface area contributed by atoms with E-state index in [2.05, 4.69) is 0 Å². The van der Waals surface area contributed by atoms with E-state index in [0.717, 1.165) is 22.3 Å². The molecule has 0 spiro atoms. The lowest BCUT2D eigenvalue weighted by Gasteiger charge is -2.08. The van der Waals surface area contributed by atoms with Crippen LogP contribution in [0.3, 0.4) is 0 Å². The molecule has 0 fully saturated rings. The highest BCUT2D eigenvalue weighted by molar-refractivity contribution is 6.14. The lowest BCUT2D eigenvalue weighted by Crippen LogP contribution is -2.06. The van der Waals surface area contributed by atoms with Gasteiger partial charge in [-0.3, -0.25) is 10.2 Å². The third-order valence-electron chi connectivity index (χ3n) is 4.00. The Morgan fingerprint density at radius 1 is 0.667 bits per heavy atom. The summed E-state index contributed by atoms with van der Waals surface area (Å²) in [4.78, 5) is 12.7. The van der Waals surface area contributed by atoms with E-state index < -0.39 is 0 Å². The second-order valence-electron chi connectivity index (χ2n) is 6.02. The second kappa shape index (κ2) is 6.63. The topological polar surface area (TPSA) is 40.9 Å². The number of nitrogens with one attached hydrogen (secondary N) is 1. The fourth-order valence-corrected chi connectivity index (χ4v) is 2.74. The van der Waals surface area contributed by atoms with E-state index in [1.807, 2.05) is 74.5 Å². The second-order valence-corrected chi connectivity index (χ2v) is 6.02. The predicted octanol–water partition coefficient (Wildman–Crippen LogP) is 4.95. The van der Waals surface area contributed by atoms with E-state index in [9.17, 15) is 4.79 Å². The van der Waals surface area contributed by atoms with Crippen LogP contribution in [-0.4, -0.2) is 11.5 Å². The average Bonchev–Trinajstić information content (AvgIpc) is 2.60. The number of benzene rings is 3. The van der Waals surface area contributed by atoms with Crippen LogP contribution in [0.15, 0.2) is 72.8 Å². The smallest absolute Gasteiger partial charge is 0.193 e. The molecule has 0 saturated heterocycles. The fourth-order valence-electron chi connectivity index (χ4n) is 2.74. The number of carbonyl (C=O) groups is 1. The Hall–Kier alpha value is -3.00. The maximum atomic E-state index is 12.7. The van der Waals surface area contributed by atoms with Crippen LogP contribution in [0.5, 0.6) is 0 Å². The number of ketones is 1. The van der Waals surface area contributed by atoms with Crippen LogP contribution in [0.1, 0.15) is 38.2 Å². The molecule has 2 nitrogen and oxygen atoms in total. The van der Waals surface area contributed by atoms with Crippen molar-refractivity contribution >= 4 is 11.5 Å². The number of rotatable bonds is 4. The van der Waals surface area contributed by atoms with Crippen LogP contribution in [0.25, 0.3) is 0 Å². The van der Waals surface area contributed by atoms with Gasteiger partial charge in [0.1, 0.15) is 0 Å². The normalized spacial score (nSPS) is 10.4. The van der Waals surface area contributed by atoms with E-state index in [1.54, 1.807) is 12.1 Å². The molecule has 0 aliphatic carbocycles. The first-order valence-corrected chi connectivity index (χ1v) is 7.92. The van der Waals surface area contributed by atoms with Crippen molar-refractivity contribution in [3.05, 3.63) is 106 Å². The molecule has 24 heavy (non-hydrogen) atoms. The molecular formula is C22H19NO. The van der Waals surface area contributed by atoms with E-state index in [1.165, 1.54) is 0 Å². The zero-order valence-corrected chi connectivity index (χ0v) is 13.8. The average molecular weight is 313 g/mol. The highest BCUT2D eigenvalue weighted by Crippen LogP contribution is 2.16. The van der Waals surface area contributed by atoms with E-state index >= 15 is 0 Å². The zero-order valence-electron chi connectivity index (χ0n) is 13.8. The minimum atomic E-state index is -0.0161. The Bertz CT molecular complexity index is 852. The third-order valence-corrected chi connectivity index (χ3v) is 4.00. The lowest BCUT2D eigenvalue weighted by atomic mass is 9.96. The van der Waals surface area contributed by atoms with Crippen LogP contribution >= 0.6 is 0 Å². The molecule has 0 amide bonds. The summed E-state index contributed by atoms with van der Waals surface area (Å²) in [6.45, 7) is 3.98. The van der Waals surface area contributed by atoms with Crippen molar-refractivity contribution in [1.29, 1.82) is 5.41 Å². The minimum absolute atomic E-state index is 0.0161. The maximum absolute atomic E-state index is 12.7. The molecular weight excluding hydrogens is 294 g/mol. The molecule has 0 bridgehead atoms. The van der Waals surface area contributed by atoms with E-state index in [-0.39, 0.29) is 5.78 Å². The summed E-state index contributed by atoms with van der Waals surface area (Å²) in [5.41, 5.74) is 5.49. The fraction of sp³-hybridized carbons (Fsp3) is 0.0909. The number of hydrogen-bond donors (Lipinski definition) is 1. The summed E-state index contributed by atoms with van der Waals surface area (Å²) in [5, 5.41) is 8.43. The number of aryl methyl sites for hydroxylation is 2. The van der Waals surface area contributed by atoms with Crippen LogP contribution in [0.2, 0.25) is 0 Å². The molecule has 0 aliphatic heterocycles. The van der Waals surface area contributed by atoms with Gasteiger partial charge in [0.05, 0.1) is 5.71 Å². The number of carbonyl (C=O) groups excluding carboxylic acids is 1. The number of hydrogen-bond acceptors (Lipinski definition) is 2. The first kappa shape index (κ1) is 15.9. The summed E-state index contributed by atoms with van der Waals surface area (Å²) >= 11 is 0. The Kier molecular flexibility index (Phi) is 4.39. The Labute approximate surface area is 142 Å². The first-order chi connectivity index (χ1) is 11.5. The molecule has 0 aromatic heterocycles. The van der Waals surface area contributed by atoms with Gasteiger partial charge in [0.15, 0.2) is 5.78 Å². The summed E-state index contributed by atoms with van der Waals surface area (Å²) in [6, 6.07) is 22.8. The first-order valence-electron chi connectivity index (χ1n) is 7.92. The van der Waals surface area contributed by atoms with Crippen molar-refractivity contribution in [3.8, 4) is 0 Å². The van der Waals surface area contributed by atoms with Crippen molar-refractivity contribution in [2.24, 2.45) is 0 Å². The van der Waals surface area contributed by atoms with Gasteiger partial charge >= 0.3 is 0 Å². The molecule has 0 heterocycles. The predicted molar refractivity (Wildman–Crippen MR) is 98.2 cm³/mol. The van der Waals surface area contributed by atoms with Crippen molar-refractivity contribution in [1.82, 2.24) is 0 Å². The molecule has 0 atom stereocenters. The minimum Gasteiger partial charge on any atom is -0.300 e.